The number of sulfone groups is 1. The zero-order valence-electron chi connectivity index (χ0n) is 5.47. The van der Waals surface area contributed by atoms with Gasteiger partial charge in [-0.2, -0.15) is 0 Å². The van der Waals surface area contributed by atoms with Gasteiger partial charge in [0.2, 0.25) is 0 Å². The maximum Gasteiger partial charge on any atom is 0.177 e. The van der Waals surface area contributed by atoms with Gasteiger partial charge < -0.3 is 0 Å². The van der Waals surface area contributed by atoms with Gasteiger partial charge in [0.05, 0.1) is 9.23 Å². The SMILES string of the molecule is CS(=O)(=O)c1cc(Cl)sc1Cl. The van der Waals surface area contributed by atoms with Crippen molar-refractivity contribution < 1.29 is 8.42 Å². The summed E-state index contributed by atoms with van der Waals surface area (Å²) < 4.78 is 22.5. The summed E-state index contributed by atoms with van der Waals surface area (Å²) in [7, 11) is -3.22. The Balaban J connectivity index is 3.36. The minimum absolute atomic E-state index is 0.106. The van der Waals surface area contributed by atoms with Gasteiger partial charge in [0.15, 0.2) is 9.84 Å². The van der Waals surface area contributed by atoms with Crippen LogP contribution in [0.4, 0.5) is 0 Å². The minimum Gasteiger partial charge on any atom is -0.224 e. The van der Waals surface area contributed by atoms with Crippen molar-refractivity contribution >= 4 is 44.4 Å². The van der Waals surface area contributed by atoms with E-state index in [1.165, 1.54) is 6.07 Å². The van der Waals surface area contributed by atoms with Crippen LogP contribution >= 0.6 is 34.5 Å². The van der Waals surface area contributed by atoms with Gasteiger partial charge in [0.25, 0.3) is 0 Å². The molecule has 11 heavy (non-hydrogen) atoms. The number of halogens is 2. The molecule has 2 nitrogen and oxygen atoms in total. The van der Waals surface area contributed by atoms with Crippen LogP contribution in [0.15, 0.2) is 11.0 Å². The van der Waals surface area contributed by atoms with E-state index in [9.17, 15) is 8.42 Å². The van der Waals surface area contributed by atoms with E-state index in [1.54, 1.807) is 0 Å². The van der Waals surface area contributed by atoms with Crippen molar-refractivity contribution in [2.45, 2.75) is 4.90 Å². The van der Waals surface area contributed by atoms with Gasteiger partial charge in [-0.25, -0.2) is 8.42 Å². The Hall–Kier alpha value is 0.230. The lowest BCUT2D eigenvalue weighted by atomic mass is 10.7. The highest BCUT2D eigenvalue weighted by molar-refractivity contribution is 7.91. The molecule has 0 aliphatic carbocycles. The lowest BCUT2D eigenvalue weighted by molar-refractivity contribution is 0.602. The zero-order valence-corrected chi connectivity index (χ0v) is 8.61. The first-order valence-electron chi connectivity index (χ1n) is 2.56. The summed E-state index contributed by atoms with van der Waals surface area (Å²) in [5.41, 5.74) is 0. The third-order valence-corrected chi connectivity index (χ3v) is 3.87. The summed E-state index contributed by atoms with van der Waals surface area (Å²) in [5, 5.41) is 0. The highest BCUT2D eigenvalue weighted by Gasteiger charge is 2.15. The van der Waals surface area contributed by atoms with Crippen molar-refractivity contribution in [3.05, 3.63) is 14.7 Å². The van der Waals surface area contributed by atoms with Crippen molar-refractivity contribution in [1.82, 2.24) is 0 Å². The van der Waals surface area contributed by atoms with Gasteiger partial charge in [-0.1, -0.05) is 23.2 Å². The Bertz CT molecular complexity index is 366. The Morgan fingerprint density at radius 2 is 2.00 bits per heavy atom. The molecular formula is C5H4Cl2O2S2. The molecule has 0 atom stereocenters. The van der Waals surface area contributed by atoms with Crippen molar-refractivity contribution in [1.29, 1.82) is 0 Å². The third-order valence-electron chi connectivity index (χ3n) is 1.02. The van der Waals surface area contributed by atoms with E-state index in [0.29, 0.717) is 4.34 Å². The van der Waals surface area contributed by atoms with Crippen molar-refractivity contribution in [2.75, 3.05) is 6.26 Å². The molecule has 0 aromatic carbocycles. The molecule has 6 heteroatoms. The zero-order chi connectivity index (χ0) is 8.65. The third kappa shape index (κ3) is 2.08. The van der Waals surface area contributed by atoms with E-state index in [1.807, 2.05) is 0 Å². The van der Waals surface area contributed by atoms with Crippen LogP contribution in [0.3, 0.4) is 0 Å². The fraction of sp³-hybridized carbons (Fsp3) is 0.200. The molecular weight excluding hydrogens is 227 g/mol. The average molecular weight is 231 g/mol. The predicted molar refractivity (Wildman–Crippen MR) is 47.4 cm³/mol. The minimum atomic E-state index is -3.22. The molecule has 0 unspecified atom stereocenters. The maximum atomic E-state index is 10.9. The molecule has 1 rings (SSSR count). The first-order valence-corrected chi connectivity index (χ1v) is 6.02. The molecule has 1 aromatic rings. The summed E-state index contributed by atoms with van der Waals surface area (Å²) in [6.07, 6.45) is 1.09. The second-order valence-corrected chi connectivity index (χ2v) is 6.23. The Morgan fingerprint density at radius 3 is 2.18 bits per heavy atom. The first kappa shape index (κ1) is 9.32. The quantitative estimate of drug-likeness (QED) is 0.743. The molecule has 0 spiro atoms. The lowest BCUT2D eigenvalue weighted by Gasteiger charge is -1.90. The number of hydrogen-bond donors (Lipinski definition) is 0. The second kappa shape index (κ2) is 2.94. The molecule has 0 aliphatic heterocycles. The maximum absolute atomic E-state index is 10.9. The van der Waals surface area contributed by atoms with Crippen molar-refractivity contribution in [2.24, 2.45) is 0 Å². The Labute approximate surface area is 78.7 Å². The van der Waals surface area contributed by atoms with E-state index in [-0.39, 0.29) is 9.23 Å². The molecule has 0 N–H and O–H groups in total. The van der Waals surface area contributed by atoms with Crippen molar-refractivity contribution in [3.63, 3.8) is 0 Å². The van der Waals surface area contributed by atoms with Gasteiger partial charge in [0, 0.05) is 6.26 Å². The predicted octanol–water partition coefficient (Wildman–Crippen LogP) is 2.46. The summed E-state index contributed by atoms with van der Waals surface area (Å²) in [4.78, 5) is 0.106. The summed E-state index contributed by atoms with van der Waals surface area (Å²) in [6, 6.07) is 1.35. The molecule has 0 aliphatic rings. The van der Waals surface area contributed by atoms with Crippen LogP contribution < -0.4 is 0 Å². The van der Waals surface area contributed by atoms with Gasteiger partial charge >= 0.3 is 0 Å². The molecule has 1 aromatic heterocycles. The number of thiophene rings is 1. The molecule has 0 bridgehead atoms. The van der Waals surface area contributed by atoms with Gasteiger partial charge in [-0.3, -0.25) is 0 Å². The molecule has 0 amide bonds. The smallest absolute Gasteiger partial charge is 0.177 e. The largest absolute Gasteiger partial charge is 0.224 e. The highest BCUT2D eigenvalue weighted by Crippen LogP contribution is 2.33. The molecule has 0 fully saturated rings. The van der Waals surface area contributed by atoms with Gasteiger partial charge in [0.1, 0.15) is 4.34 Å². The van der Waals surface area contributed by atoms with Crippen LogP contribution in [0.5, 0.6) is 0 Å². The second-order valence-electron chi connectivity index (χ2n) is 1.96. The van der Waals surface area contributed by atoms with Crippen LogP contribution in [0.25, 0.3) is 0 Å². The van der Waals surface area contributed by atoms with E-state index in [2.05, 4.69) is 0 Å². The molecule has 0 radical (unpaired) electrons. The van der Waals surface area contributed by atoms with Crippen molar-refractivity contribution in [3.8, 4) is 0 Å². The summed E-state index contributed by atoms with van der Waals surface area (Å²) in [6.45, 7) is 0. The first-order chi connectivity index (χ1) is 4.91. The molecule has 0 saturated heterocycles. The van der Waals surface area contributed by atoms with E-state index >= 15 is 0 Å². The van der Waals surface area contributed by atoms with Crippen LogP contribution in [0.2, 0.25) is 8.67 Å². The highest BCUT2D eigenvalue weighted by atomic mass is 35.5. The van der Waals surface area contributed by atoms with Crippen LogP contribution in [0.1, 0.15) is 0 Å². The van der Waals surface area contributed by atoms with Gasteiger partial charge in [-0.15, -0.1) is 11.3 Å². The Morgan fingerprint density at radius 1 is 1.45 bits per heavy atom. The molecule has 0 saturated carbocycles. The normalized spacial score (nSPS) is 11.9. The van der Waals surface area contributed by atoms with E-state index < -0.39 is 9.84 Å². The number of rotatable bonds is 1. The molecule has 1 heterocycles. The van der Waals surface area contributed by atoms with Crippen LogP contribution in [-0.2, 0) is 9.84 Å². The topological polar surface area (TPSA) is 34.1 Å². The summed E-state index contributed by atoms with van der Waals surface area (Å²) >= 11 is 12.2. The van der Waals surface area contributed by atoms with E-state index in [4.69, 9.17) is 23.2 Å². The van der Waals surface area contributed by atoms with Crippen LogP contribution in [-0.4, -0.2) is 14.7 Å². The van der Waals surface area contributed by atoms with Gasteiger partial charge in [-0.05, 0) is 6.07 Å². The number of hydrogen-bond acceptors (Lipinski definition) is 3. The molecule has 62 valence electrons. The van der Waals surface area contributed by atoms with Crippen LogP contribution in [0, 0.1) is 0 Å². The standard InChI is InChI=1S/C5H4Cl2O2S2/c1-11(8,9)3-2-4(6)10-5(3)7/h2H,1H3. The average Bonchev–Trinajstić information content (AvgIpc) is 2.08. The monoisotopic (exact) mass is 230 g/mol. The lowest BCUT2D eigenvalue weighted by Crippen LogP contribution is -1.94. The fourth-order valence-corrected chi connectivity index (χ4v) is 3.61. The Kier molecular flexibility index (Phi) is 2.49. The fourth-order valence-electron chi connectivity index (χ4n) is 0.578. The van der Waals surface area contributed by atoms with E-state index in [0.717, 1.165) is 17.6 Å². The summed E-state index contributed by atoms with van der Waals surface area (Å²) in [5.74, 6) is 0.